The number of ether oxygens (including phenoxy) is 1. The maximum absolute atomic E-state index is 8.22. The van der Waals surface area contributed by atoms with Crippen LogP contribution in [0.1, 0.15) is 5.56 Å². The van der Waals surface area contributed by atoms with Crippen LogP contribution >= 0.6 is 0 Å². The highest BCUT2D eigenvalue weighted by Crippen LogP contribution is 2.27. The van der Waals surface area contributed by atoms with Gasteiger partial charge in [0, 0.05) is 12.6 Å². The molecule has 0 saturated heterocycles. The average Bonchev–Trinajstić information content (AvgIpc) is 2.46. The molecule has 0 atom stereocenters. The smallest absolute Gasteiger partial charge is 0.142 e. The van der Waals surface area contributed by atoms with E-state index in [1.54, 1.807) is 7.11 Å². The van der Waals surface area contributed by atoms with Gasteiger partial charge >= 0.3 is 0 Å². The summed E-state index contributed by atoms with van der Waals surface area (Å²) in [6, 6.07) is 17.3. The molecule has 3 heteroatoms. The van der Waals surface area contributed by atoms with Gasteiger partial charge in [-0.1, -0.05) is 42.5 Å². The standard InChI is InChI=1S/C15H16N2O/c1-17(13-10-6-7-11-14(13)18-2)15(16)12-8-4-3-5-9-12/h3-11,16H,1-2H3. The molecule has 92 valence electrons. The molecule has 0 aliphatic heterocycles. The van der Waals surface area contributed by atoms with Gasteiger partial charge in [-0.3, -0.25) is 5.41 Å². The Kier molecular flexibility index (Phi) is 3.63. The lowest BCUT2D eigenvalue weighted by Gasteiger charge is -2.22. The van der Waals surface area contributed by atoms with Crippen LogP contribution in [0, 0.1) is 5.41 Å². The van der Waals surface area contributed by atoms with E-state index in [0.29, 0.717) is 5.84 Å². The second-order valence-corrected chi connectivity index (χ2v) is 3.95. The van der Waals surface area contributed by atoms with Gasteiger partial charge in [0.05, 0.1) is 12.8 Å². The summed E-state index contributed by atoms with van der Waals surface area (Å²) in [5.41, 5.74) is 1.76. The van der Waals surface area contributed by atoms with Gasteiger partial charge in [-0.15, -0.1) is 0 Å². The zero-order valence-electron chi connectivity index (χ0n) is 10.6. The van der Waals surface area contributed by atoms with E-state index in [0.717, 1.165) is 17.0 Å². The molecule has 0 heterocycles. The summed E-state index contributed by atoms with van der Waals surface area (Å²) in [6.07, 6.45) is 0. The lowest BCUT2D eigenvalue weighted by atomic mass is 10.2. The fourth-order valence-electron chi connectivity index (χ4n) is 1.82. The van der Waals surface area contributed by atoms with Crippen molar-refractivity contribution in [2.45, 2.75) is 0 Å². The zero-order valence-corrected chi connectivity index (χ0v) is 10.6. The van der Waals surface area contributed by atoms with Crippen LogP contribution in [-0.4, -0.2) is 20.0 Å². The number of anilines is 1. The molecule has 0 aromatic heterocycles. The van der Waals surface area contributed by atoms with Crippen molar-refractivity contribution in [2.24, 2.45) is 0 Å². The summed E-state index contributed by atoms with van der Waals surface area (Å²) in [5, 5.41) is 8.22. The van der Waals surface area contributed by atoms with Gasteiger partial charge in [0.15, 0.2) is 0 Å². The fourth-order valence-corrected chi connectivity index (χ4v) is 1.82. The van der Waals surface area contributed by atoms with Gasteiger partial charge in [0.1, 0.15) is 11.6 Å². The first-order valence-electron chi connectivity index (χ1n) is 5.74. The SMILES string of the molecule is COc1ccccc1N(C)C(=N)c1ccccc1. The Balaban J connectivity index is 2.31. The third-order valence-corrected chi connectivity index (χ3v) is 2.83. The second-order valence-electron chi connectivity index (χ2n) is 3.95. The van der Waals surface area contributed by atoms with Crippen molar-refractivity contribution < 1.29 is 4.74 Å². The van der Waals surface area contributed by atoms with Crippen LogP contribution in [-0.2, 0) is 0 Å². The molecule has 2 aromatic rings. The molecule has 2 rings (SSSR count). The van der Waals surface area contributed by atoms with Crippen molar-refractivity contribution in [2.75, 3.05) is 19.1 Å². The molecule has 1 N–H and O–H groups in total. The quantitative estimate of drug-likeness (QED) is 0.661. The number of benzene rings is 2. The van der Waals surface area contributed by atoms with Gasteiger partial charge in [-0.25, -0.2) is 0 Å². The van der Waals surface area contributed by atoms with Crippen molar-refractivity contribution in [1.82, 2.24) is 0 Å². The third-order valence-electron chi connectivity index (χ3n) is 2.83. The van der Waals surface area contributed by atoms with E-state index in [-0.39, 0.29) is 0 Å². The molecule has 2 aromatic carbocycles. The molecule has 0 radical (unpaired) electrons. The van der Waals surface area contributed by atoms with E-state index in [2.05, 4.69) is 0 Å². The highest BCUT2D eigenvalue weighted by molar-refractivity contribution is 6.08. The highest BCUT2D eigenvalue weighted by atomic mass is 16.5. The maximum Gasteiger partial charge on any atom is 0.142 e. The Hall–Kier alpha value is -2.29. The van der Waals surface area contributed by atoms with E-state index >= 15 is 0 Å². The Morgan fingerprint density at radius 1 is 1.00 bits per heavy atom. The summed E-state index contributed by atoms with van der Waals surface area (Å²) >= 11 is 0. The minimum absolute atomic E-state index is 0.445. The van der Waals surface area contributed by atoms with Gasteiger partial charge < -0.3 is 9.64 Å². The van der Waals surface area contributed by atoms with Crippen LogP contribution < -0.4 is 9.64 Å². The highest BCUT2D eigenvalue weighted by Gasteiger charge is 2.12. The number of hydrogen-bond acceptors (Lipinski definition) is 2. The van der Waals surface area contributed by atoms with Crippen LogP contribution in [0.15, 0.2) is 54.6 Å². The molecule has 0 fully saturated rings. The lowest BCUT2D eigenvalue weighted by molar-refractivity contribution is 0.416. The summed E-state index contributed by atoms with van der Waals surface area (Å²) in [6.45, 7) is 0. The monoisotopic (exact) mass is 240 g/mol. The van der Waals surface area contributed by atoms with Crippen LogP contribution in [0.4, 0.5) is 5.69 Å². The van der Waals surface area contributed by atoms with E-state index < -0.39 is 0 Å². The van der Waals surface area contributed by atoms with E-state index in [1.807, 2.05) is 66.5 Å². The normalized spacial score (nSPS) is 9.89. The molecular weight excluding hydrogens is 224 g/mol. The average molecular weight is 240 g/mol. The summed E-state index contributed by atoms with van der Waals surface area (Å²) in [5.74, 6) is 1.21. The topological polar surface area (TPSA) is 36.3 Å². The van der Waals surface area contributed by atoms with Crippen LogP contribution in [0.2, 0.25) is 0 Å². The number of nitrogens with zero attached hydrogens (tertiary/aromatic N) is 1. The van der Waals surface area contributed by atoms with Crippen molar-refractivity contribution in [3.05, 3.63) is 60.2 Å². The molecule has 18 heavy (non-hydrogen) atoms. The molecule has 0 saturated carbocycles. The summed E-state index contributed by atoms with van der Waals surface area (Å²) in [7, 11) is 3.51. The van der Waals surface area contributed by atoms with E-state index in [9.17, 15) is 0 Å². The maximum atomic E-state index is 8.22. The number of methoxy groups -OCH3 is 1. The molecule has 0 aliphatic carbocycles. The van der Waals surface area contributed by atoms with Crippen molar-refractivity contribution in [3.8, 4) is 5.75 Å². The first kappa shape index (κ1) is 12.2. The number of amidine groups is 1. The van der Waals surface area contributed by atoms with Crippen LogP contribution in [0.25, 0.3) is 0 Å². The predicted octanol–water partition coefficient (Wildman–Crippen LogP) is 3.16. The van der Waals surface area contributed by atoms with E-state index in [1.165, 1.54) is 0 Å². The van der Waals surface area contributed by atoms with E-state index in [4.69, 9.17) is 10.1 Å². The van der Waals surface area contributed by atoms with Crippen LogP contribution in [0.5, 0.6) is 5.75 Å². The van der Waals surface area contributed by atoms with Crippen molar-refractivity contribution in [3.63, 3.8) is 0 Å². The van der Waals surface area contributed by atoms with Crippen molar-refractivity contribution >= 4 is 11.5 Å². The Labute approximate surface area is 107 Å². The minimum atomic E-state index is 0.445. The molecule has 0 unspecified atom stereocenters. The fraction of sp³-hybridized carbons (Fsp3) is 0.133. The Morgan fingerprint density at radius 2 is 1.61 bits per heavy atom. The molecule has 3 nitrogen and oxygen atoms in total. The van der Waals surface area contributed by atoms with Gasteiger partial charge in [0.25, 0.3) is 0 Å². The molecule has 0 aliphatic rings. The minimum Gasteiger partial charge on any atom is -0.495 e. The van der Waals surface area contributed by atoms with Gasteiger partial charge in [-0.2, -0.15) is 0 Å². The van der Waals surface area contributed by atoms with Crippen LogP contribution in [0.3, 0.4) is 0 Å². The molecule has 0 bridgehead atoms. The molecule has 0 amide bonds. The summed E-state index contributed by atoms with van der Waals surface area (Å²) in [4.78, 5) is 1.81. The Bertz CT molecular complexity index is 537. The van der Waals surface area contributed by atoms with Gasteiger partial charge in [0.2, 0.25) is 0 Å². The Morgan fingerprint density at radius 3 is 2.28 bits per heavy atom. The molecular formula is C15H16N2O. The number of rotatable bonds is 3. The van der Waals surface area contributed by atoms with Crippen molar-refractivity contribution in [1.29, 1.82) is 5.41 Å². The first-order chi connectivity index (χ1) is 8.74. The first-order valence-corrected chi connectivity index (χ1v) is 5.74. The second kappa shape index (κ2) is 5.36. The van der Waals surface area contributed by atoms with Gasteiger partial charge in [-0.05, 0) is 12.1 Å². The predicted molar refractivity (Wildman–Crippen MR) is 74.7 cm³/mol. The number of hydrogen-bond donors (Lipinski definition) is 1. The number of para-hydroxylation sites is 2. The third kappa shape index (κ3) is 2.35. The summed E-state index contributed by atoms with van der Waals surface area (Å²) < 4.78 is 5.31. The molecule has 0 spiro atoms. The largest absolute Gasteiger partial charge is 0.495 e. The lowest BCUT2D eigenvalue weighted by Crippen LogP contribution is -2.26. The zero-order chi connectivity index (χ0) is 13.0. The number of nitrogens with one attached hydrogen (secondary N) is 1.